The highest BCUT2D eigenvalue weighted by Gasteiger charge is 2.09. The van der Waals surface area contributed by atoms with Crippen LogP contribution in [0.15, 0.2) is 0 Å². The van der Waals surface area contributed by atoms with E-state index >= 15 is 0 Å². The minimum Gasteiger partial charge on any atom is -0.395 e. The first kappa shape index (κ1) is 16.9. The van der Waals surface area contributed by atoms with Gasteiger partial charge < -0.3 is 15.7 Å². The van der Waals surface area contributed by atoms with Crippen LogP contribution < -0.4 is 10.6 Å². The molecule has 0 rings (SSSR count). The Labute approximate surface area is 109 Å². The van der Waals surface area contributed by atoms with Crippen LogP contribution >= 0.6 is 0 Å². The highest BCUT2D eigenvalue weighted by molar-refractivity contribution is 5.78. The van der Waals surface area contributed by atoms with Crippen LogP contribution in [0.3, 0.4) is 0 Å². The number of rotatable bonds is 10. The lowest BCUT2D eigenvalue weighted by molar-refractivity contribution is -0.123. The Morgan fingerprint density at radius 1 is 1.17 bits per heavy atom. The summed E-state index contributed by atoms with van der Waals surface area (Å²) in [6.07, 6.45) is 2.07. The van der Waals surface area contributed by atoms with Gasteiger partial charge in [0.1, 0.15) is 0 Å². The van der Waals surface area contributed by atoms with E-state index in [1.807, 2.05) is 4.90 Å². The fourth-order valence-corrected chi connectivity index (χ4v) is 1.49. The first-order valence-electron chi connectivity index (χ1n) is 6.44. The summed E-state index contributed by atoms with van der Waals surface area (Å²) in [6, 6.07) is 0. The SMILES string of the molecule is CCCCN(CCO)CC(=O)NCCNC(C)=O. The molecule has 18 heavy (non-hydrogen) atoms. The monoisotopic (exact) mass is 259 g/mol. The van der Waals surface area contributed by atoms with Gasteiger partial charge in [0.15, 0.2) is 0 Å². The highest BCUT2D eigenvalue weighted by atomic mass is 16.3. The standard InChI is InChI=1S/C12H25N3O3/c1-3-4-7-15(8-9-16)10-12(18)14-6-5-13-11(2)17/h16H,3-10H2,1-2H3,(H,13,17)(H,14,18). The van der Waals surface area contributed by atoms with Crippen LogP contribution in [-0.2, 0) is 9.59 Å². The van der Waals surface area contributed by atoms with Crippen molar-refractivity contribution in [1.82, 2.24) is 15.5 Å². The molecule has 0 fully saturated rings. The molecule has 0 heterocycles. The second-order valence-electron chi connectivity index (χ2n) is 4.19. The molecule has 0 aromatic rings. The number of hydrogen-bond acceptors (Lipinski definition) is 4. The normalized spacial score (nSPS) is 10.4. The molecule has 0 aliphatic rings. The zero-order chi connectivity index (χ0) is 13.8. The Hall–Kier alpha value is -1.14. The summed E-state index contributed by atoms with van der Waals surface area (Å²) in [7, 11) is 0. The van der Waals surface area contributed by atoms with Crippen molar-refractivity contribution in [3.63, 3.8) is 0 Å². The number of nitrogens with zero attached hydrogens (tertiary/aromatic N) is 1. The minimum absolute atomic E-state index is 0.0584. The lowest BCUT2D eigenvalue weighted by Crippen LogP contribution is -2.41. The summed E-state index contributed by atoms with van der Waals surface area (Å²) in [5, 5.41) is 14.2. The molecule has 0 aromatic heterocycles. The number of carbonyl (C=O) groups excluding carboxylic acids is 2. The quantitative estimate of drug-likeness (QED) is 0.455. The van der Waals surface area contributed by atoms with E-state index in [-0.39, 0.29) is 18.4 Å². The zero-order valence-corrected chi connectivity index (χ0v) is 11.4. The lowest BCUT2D eigenvalue weighted by atomic mass is 10.3. The van der Waals surface area contributed by atoms with Gasteiger partial charge in [-0.05, 0) is 13.0 Å². The second-order valence-corrected chi connectivity index (χ2v) is 4.19. The number of nitrogens with one attached hydrogen (secondary N) is 2. The number of hydrogen-bond donors (Lipinski definition) is 3. The molecule has 0 aliphatic heterocycles. The Morgan fingerprint density at radius 3 is 2.39 bits per heavy atom. The molecule has 0 unspecified atom stereocenters. The highest BCUT2D eigenvalue weighted by Crippen LogP contribution is 1.94. The van der Waals surface area contributed by atoms with Gasteiger partial charge in [0.2, 0.25) is 11.8 Å². The fraction of sp³-hybridized carbons (Fsp3) is 0.833. The maximum atomic E-state index is 11.6. The first-order chi connectivity index (χ1) is 8.60. The van der Waals surface area contributed by atoms with E-state index in [1.54, 1.807) is 0 Å². The number of aliphatic hydroxyl groups excluding tert-OH is 1. The van der Waals surface area contributed by atoms with Crippen LogP contribution in [0.5, 0.6) is 0 Å². The van der Waals surface area contributed by atoms with E-state index in [1.165, 1.54) is 6.92 Å². The van der Waals surface area contributed by atoms with Crippen molar-refractivity contribution in [3.8, 4) is 0 Å². The lowest BCUT2D eigenvalue weighted by Gasteiger charge is -2.20. The Balaban J connectivity index is 3.76. The molecule has 2 amide bonds. The van der Waals surface area contributed by atoms with Gasteiger partial charge in [-0.25, -0.2) is 0 Å². The van der Waals surface area contributed by atoms with E-state index < -0.39 is 0 Å². The maximum Gasteiger partial charge on any atom is 0.234 e. The van der Waals surface area contributed by atoms with E-state index in [2.05, 4.69) is 17.6 Å². The van der Waals surface area contributed by atoms with Crippen LogP contribution in [0.1, 0.15) is 26.7 Å². The van der Waals surface area contributed by atoms with Gasteiger partial charge in [0.25, 0.3) is 0 Å². The first-order valence-corrected chi connectivity index (χ1v) is 6.44. The van der Waals surface area contributed by atoms with Crippen LogP contribution in [0.25, 0.3) is 0 Å². The largest absolute Gasteiger partial charge is 0.395 e. The number of aliphatic hydroxyl groups is 1. The third-order valence-electron chi connectivity index (χ3n) is 2.43. The topological polar surface area (TPSA) is 81.7 Å². The van der Waals surface area contributed by atoms with Crippen molar-refractivity contribution in [1.29, 1.82) is 0 Å². The van der Waals surface area contributed by atoms with Gasteiger partial charge in [-0.1, -0.05) is 13.3 Å². The molecule has 0 aromatic carbocycles. The summed E-state index contributed by atoms with van der Waals surface area (Å²) in [6.45, 7) is 6.08. The van der Waals surface area contributed by atoms with Crippen molar-refractivity contribution >= 4 is 11.8 Å². The van der Waals surface area contributed by atoms with Crippen LogP contribution in [0.2, 0.25) is 0 Å². The average molecular weight is 259 g/mol. The molecule has 0 spiro atoms. The molecular weight excluding hydrogens is 234 g/mol. The number of carbonyl (C=O) groups is 2. The number of unbranched alkanes of at least 4 members (excludes halogenated alkanes) is 1. The van der Waals surface area contributed by atoms with Crippen molar-refractivity contribution in [2.75, 3.05) is 39.3 Å². The Kier molecular flexibility index (Phi) is 10.3. The predicted octanol–water partition coefficient (Wildman–Crippen LogP) is -0.667. The zero-order valence-electron chi connectivity index (χ0n) is 11.4. The summed E-state index contributed by atoms with van der Waals surface area (Å²) >= 11 is 0. The van der Waals surface area contributed by atoms with Gasteiger partial charge in [-0.3, -0.25) is 14.5 Å². The van der Waals surface area contributed by atoms with Gasteiger partial charge >= 0.3 is 0 Å². The Morgan fingerprint density at radius 2 is 1.83 bits per heavy atom. The van der Waals surface area contributed by atoms with Gasteiger partial charge in [-0.15, -0.1) is 0 Å². The van der Waals surface area contributed by atoms with E-state index in [9.17, 15) is 9.59 Å². The third kappa shape index (κ3) is 10.0. The third-order valence-corrected chi connectivity index (χ3v) is 2.43. The van der Waals surface area contributed by atoms with Crippen molar-refractivity contribution in [2.45, 2.75) is 26.7 Å². The molecule has 3 N–H and O–H groups in total. The van der Waals surface area contributed by atoms with E-state index in [0.29, 0.717) is 26.2 Å². The number of amides is 2. The molecule has 0 atom stereocenters. The molecule has 0 saturated heterocycles. The Bertz CT molecular complexity index is 247. The van der Waals surface area contributed by atoms with Crippen molar-refractivity contribution < 1.29 is 14.7 Å². The molecule has 0 bridgehead atoms. The van der Waals surface area contributed by atoms with Gasteiger partial charge in [0, 0.05) is 26.6 Å². The van der Waals surface area contributed by atoms with Gasteiger partial charge in [0.05, 0.1) is 13.2 Å². The molecule has 106 valence electrons. The minimum atomic E-state index is -0.103. The molecule has 0 aliphatic carbocycles. The van der Waals surface area contributed by atoms with E-state index in [0.717, 1.165) is 19.4 Å². The van der Waals surface area contributed by atoms with Crippen LogP contribution in [0, 0.1) is 0 Å². The second kappa shape index (κ2) is 11.0. The van der Waals surface area contributed by atoms with Crippen LogP contribution in [-0.4, -0.2) is 61.2 Å². The molecule has 0 radical (unpaired) electrons. The fourth-order valence-electron chi connectivity index (χ4n) is 1.49. The van der Waals surface area contributed by atoms with Crippen LogP contribution in [0.4, 0.5) is 0 Å². The molecular formula is C12H25N3O3. The average Bonchev–Trinajstić information content (AvgIpc) is 2.31. The van der Waals surface area contributed by atoms with E-state index in [4.69, 9.17) is 5.11 Å². The van der Waals surface area contributed by atoms with Crippen molar-refractivity contribution in [2.24, 2.45) is 0 Å². The summed E-state index contributed by atoms with van der Waals surface area (Å²) in [4.78, 5) is 24.1. The molecule has 6 nitrogen and oxygen atoms in total. The summed E-state index contributed by atoms with van der Waals surface area (Å²) in [5.41, 5.74) is 0. The summed E-state index contributed by atoms with van der Waals surface area (Å²) < 4.78 is 0. The molecule has 6 heteroatoms. The maximum absolute atomic E-state index is 11.6. The summed E-state index contributed by atoms with van der Waals surface area (Å²) in [5.74, 6) is -0.181. The van der Waals surface area contributed by atoms with Gasteiger partial charge in [-0.2, -0.15) is 0 Å². The van der Waals surface area contributed by atoms with Crippen molar-refractivity contribution in [3.05, 3.63) is 0 Å². The molecule has 0 saturated carbocycles. The smallest absolute Gasteiger partial charge is 0.234 e. The predicted molar refractivity (Wildman–Crippen MR) is 70.1 cm³/mol.